The minimum Gasteiger partial charge on any atom is -0.497 e. The molecule has 0 radical (unpaired) electrons. The number of fused-ring (bicyclic) bond motifs is 1. The van der Waals surface area contributed by atoms with Gasteiger partial charge in [-0.25, -0.2) is 4.98 Å². The average molecular weight is 346 g/mol. The lowest BCUT2D eigenvalue weighted by Gasteiger charge is -2.16. The second-order valence-corrected chi connectivity index (χ2v) is 6.07. The van der Waals surface area contributed by atoms with Crippen LogP contribution in [-0.2, 0) is 6.54 Å². The predicted octanol–water partition coefficient (Wildman–Crippen LogP) is 4.20. The van der Waals surface area contributed by atoms with Crippen molar-refractivity contribution in [2.45, 2.75) is 20.4 Å². The molecule has 5 heteroatoms. The molecular weight excluding hydrogens is 322 g/mol. The van der Waals surface area contributed by atoms with Gasteiger partial charge in [0.25, 0.3) is 0 Å². The van der Waals surface area contributed by atoms with Crippen LogP contribution in [0.3, 0.4) is 0 Å². The van der Waals surface area contributed by atoms with Crippen LogP contribution in [-0.4, -0.2) is 30.8 Å². The van der Waals surface area contributed by atoms with Gasteiger partial charge in [0.05, 0.1) is 12.6 Å². The Bertz CT molecular complexity index is 838. The number of methoxy groups -OCH3 is 1. The number of halogens is 1. The maximum Gasteiger partial charge on any atom is 0.152 e. The fourth-order valence-corrected chi connectivity index (χ4v) is 3.02. The Morgan fingerprint density at radius 1 is 1.08 bits per heavy atom. The minimum absolute atomic E-state index is 0. The molecule has 4 nitrogen and oxygen atoms in total. The van der Waals surface area contributed by atoms with Crippen LogP contribution < -0.4 is 9.64 Å². The van der Waals surface area contributed by atoms with E-state index in [1.54, 1.807) is 7.11 Å². The molecule has 1 aromatic carbocycles. The van der Waals surface area contributed by atoms with Gasteiger partial charge in [-0.2, -0.15) is 0 Å². The van der Waals surface area contributed by atoms with Gasteiger partial charge in [0.15, 0.2) is 5.82 Å². The van der Waals surface area contributed by atoms with Crippen LogP contribution in [0.1, 0.15) is 16.8 Å². The second kappa shape index (κ2) is 7.14. The Balaban J connectivity index is 0.00000208. The van der Waals surface area contributed by atoms with Gasteiger partial charge in [0.2, 0.25) is 0 Å². The van der Waals surface area contributed by atoms with Crippen molar-refractivity contribution >= 4 is 29.1 Å². The number of hydrogen-bond donors (Lipinski definition) is 0. The maximum atomic E-state index is 5.24. The number of pyridine rings is 1. The first kappa shape index (κ1) is 18.1. The Kier molecular flexibility index (Phi) is 5.40. The molecule has 0 aliphatic carbocycles. The molecule has 2 aromatic heterocycles. The minimum atomic E-state index is 0. The number of rotatable bonds is 4. The summed E-state index contributed by atoms with van der Waals surface area (Å²) in [4.78, 5) is 6.65. The summed E-state index contributed by atoms with van der Waals surface area (Å²) >= 11 is 0. The monoisotopic (exact) mass is 345 g/mol. The quantitative estimate of drug-likeness (QED) is 0.710. The molecule has 0 unspecified atom stereocenters. The van der Waals surface area contributed by atoms with Gasteiger partial charge in [-0.15, -0.1) is 12.4 Å². The zero-order valence-electron chi connectivity index (χ0n) is 14.8. The highest BCUT2D eigenvalue weighted by atomic mass is 35.5. The van der Waals surface area contributed by atoms with Gasteiger partial charge in [-0.05, 0) is 43.2 Å². The van der Waals surface area contributed by atoms with Crippen molar-refractivity contribution < 1.29 is 4.74 Å². The summed E-state index contributed by atoms with van der Waals surface area (Å²) in [5, 5.41) is 1.27. The Morgan fingerprint density at radius 3 is 2.33 bits per heavy atom. The molecule has 3 rings (SSSR count). The molecule has 2 heterocycles. The number of nitrogens with zero attached hydrogens (tertiary/aromatic N) is 3. The number of anilines is 1. The number of aryl methyl sites for hydroxylation is 1. The molecule has 0 atom stereocenters. The van der Waals surface area contributed by atoms with E-state index < -0.39 is 0 Å². The van der Waals surface area contributed by atoms with Crippen LogP contribution in [0.5, 0.6) is 5.75 Å². The Labute approximate surface area is 149 Å². The van der Waals surface area contributed by atoms with Crippen LogP contribution in [0, 0.1) is 13.8 Å². The largest absolute Gasteiger partial charge is 0.497 e. The van der Waals surface area contributed by atoms with Gasteiger partial charge in [0.1, 0.15) is 5.75 Å². The van der Waals surface area contributed by atoms with Gasteiger partial charge >= 0.3 is 0 Å². The molecule has 0 fully saturated rings. The molecule has 0 saturated carbocycles. The molecule has 24 heavy (non-hydrogen) atoms. The second-order valence-electron chi connectivity index (χ2n) is 6.07. The summed E-state index contributed by atoms with van der Waals surface area (Å²) in [5.41, 5.74) is 5.05. The maximum absolute atomic E-state index is 5.24. The molecule has 0 N–H and O–H groups in total. The van der Waals surface area contributed by atoms with E-state index in [4.69, 9.17) is 4.74 Å². The first-order valence-corrected chi connectivity index (χ1v) is 7.77. The van der Waals surface area contributed by atoms with Crippen LogP contribution in [0.15, 0.2) is 36.5 Å². The molecule has 128 valence electrons. The van der Waals surface area contributed by atoms with E-state index in [9.17, 15) is 0 Å². The third kappa shape index (κ3) is 3.06. The van der Waals surface area contributed by atoms with Gasteiger partial charge < -0.3 is 14.2 Å². The summed E-state index contributed by atoms with van der Waals surface area (Å²) < 4.78 is 7.60. The zero-order chi connectivity index (χ0) is 16.6. The van der Waals surface area contributed by atoms with E-state index in [0.717, 1.165) is 18.1 Å². The molecule has 0 spiro atoms. The molecule has 0 bridgehead atoms. The van der Waals surface area contributed by atoms with Crippen molar-refractivity contribution in [2.24, 2.45) is 0 Å². The third-order valence-corrected chi connectivity index (χ3v) is 4.45. The van der Waals surface area contributed by atoms with Crippen molar-refractivity contribution in [3.8, 4) is 5.75 Å². The highest BCUT2D eigenvalue weighted by Crippen LogP contribution is 2.31. The number of benzene rings is 1. The van der Waals surface area contributed by atoms with Crippen molar-refractivity contribution in [3.05, 3.63) is 53.3 Å². The van der Waals surface area contributed by atoms with Crippen molar-refractivity contribution in [2.75, 3.05) is 26.1 Å². The number of aromatic nitrogens is 2. The fourth-order valence-electron chi connectivity index (χ4n) is 3.02. The molecule has 0 saturated heterocycles. The summed E-state index contributed by atoms with van der Waals surface area (Å²) in [7, 11) is 5.77. The third-order valence-electron chi connectivity index (χ3n) is 4.45. The van der Waals surface area contributed by atoms with Crippen molar-refractivity contribution in [1.29, 1.82) is 0 Å². The van der Waals surface area contributed by atoms with E-state index in [1.165, 1.54) is 27.7 Å². The van der Waals surface area contributed by atoms with E-state index in [1.807, 2.05) is 32.4 Å². The topological polar surface area (TPSA) is 30.3 Å². The van der Waals surface area contributed by atoms with Crippen LogP contribution in [0.2, 0.25) is 0 Å². The summed E-state index contributed by atoms with van der Waals surface area (Å²) in [6, 6.07) is 10.4. The Morgan fingerprint density at radius 2 is 1.75 bits per heavy atom. The molecule has 0 amide bonds. The van der Waals surface area contributed by atoms with Gasteiger partial charge in [-0.1, -0.05) is 12.1 Å². The van der Waals surface area contributed by atoms with Crippen LogP contribution in [0.25, 0.3) is 10.9 Å². The van der Waals surface area contributed by atoms with Crippen LogP contribution in [0.4, 0.5) is 5.82 Å². The van der Waals surface area contributed by atoms with E-state index >= 15 is 0 Å². The van der Waals surface area contributed by atoms with E-state index in [2.05, 4.69) is 46.5 Å². The number of ether oxygens (including phenoxy) is 1. The molecule has 0 aliphatic heterocycles. The standard InChI is InChI=1S/C19H23N3O.ClH/c1-13-14(2)22(12-15-6-8-16(23-5)9-7-15)18-17(13)10-11-20-19(18)21(3)4;/h6-11H,12H2,1-5H3;1H. The lowest BCUT2D eigenvalue weighted by atomic mass is 10.2. The SMILES string of the molecule is COc1ccc(Cn2c(C)c(C)c3ccnc(N(C)C)c32)cc1.Cl. The zero-order valence-corrected chi connectivity index (χ0v) is 15.6. The van der Waals surface area contributed by atoms with Gasteiger partial charge in [-0.3, -0.25) is 0 Å². The summed E-state index contributed by atoms with van der Waals surface area (Å²) in [6.45, 7) is 5.19. The van der Waals surface area contributed by atoms with Crippen molar-refractivity contribution in [3.63, 3.8) is 0 Å². The highest BCUT2D eigenvalue weighted by Gasteiger charge is 2.16. The molecule has 0 aliphatic rings. The summed E-state index contributed by atoms with van der Waals surface area (Å²) in [5.74, 6) is 1.89. The lowest BCUT2D eigenvalue weighted by Crippen LogP contribution is -2.13. The molecular formula is C19H24ClN3O. The fraction of sp³-hybridized carbons (Fsp3) is 0.316. The van der Waals surface area contributed by atoms with E-state index in [0.29, 0.717) is 0 Å². The normalized spacial score (nSPS) is 10.5. The Hall–Kier alpha value is -2.20. The van der Waals surface area contributed by atoms with Crippen molar-refractivity contribution in [1.82, 2.24) is 9.55 Å². The molecule has 3 aromatic rings. The first-order valence-electron chi connectivity index (χ1n) is 7.77. The summed E-state index contributed by atoms with van der Waals surface area (Å²) in [6.07, 6.45) is 1.89. The lowest BCUT2D eigenvalue weighted by molar-refractivity contribution is 0.414. The first-order chi connectivity index (χ1) is 11.0. The van der Waals surface area contributed by atoms with Crippen LogP contribution >= 0.6 is 12.4 Å². The average Bonchev–Trinajstić information content (AvgIpc) is 2.80. The number of hydrogen-bond acceptors (Lipinski definition) is 3. The predicted molar refractivity (Wildman–Crippen MR) is 103 cm³/mol. The van der Waals surface area contributed by atoms with Gasteiger partial charge in [0, 0.05) is 37.9 Å². The van der Waals surface area contributed by atoms with E-state index in [-0.39, 0.29) is 12.4 Å². The highest BCUT2D eigenvalue weighted by molar-refractivity contribution is 5.93. The smallest absolute Gasteiger partial charge is 0.152 e.